The van der Waals surface area contributed by atoms with Crippen LogP contribution in [0.2, 0.25) is 0 Å². The zero-order valence-electron chi connectivity index (χ0n) is 22.2. The Morgan fingerprint density at radius 2 is 1.47 bits per heavy atom. The zero-order chi connectivity index (χ0) is 30.0. The van der Waals surface area contributed by atoms with E-state index in [2.05, 4.69) is 10.1 Å². The number of unbranched alkanes of at least 4 members (excludes halogenated alkanes) is 1. The molecule has 0 aliphatic rings. The number of alkyl halides is 9. The number of quaternary nitrogens is 1. The van der Waals surface area contributed by atoms with Crippen molar-refractivity contribution in [3.8, 4) is 0 Å². The first-order valence-electron chi connectivity index (χ1n) is 12.2. The molecule has 2 atom stereocenters. The van der Waals surface area contributed by atoms with E-state index in [0.29, 0.717) is 11.0 Å². The number of ether oxygens (including phenoxy) is 2. The number of carbonyl (C=O) groups excluding carboxylic acids is 2. The Bertz CT molecular complexity index is 741. The molecular weight excluding hydrogens is 539 g/mol. The molecule has 2 unspecified atom stereocenters. The van der Waals surface area contributed by atoms with Crippen LogP contribution in [0.25, 0.3) is 0 Å². The van der Waals surface area contributed by atoms with Crippen molar-refractivity contribution in [3.05, 3.63) is 0 Å². The highest BCUT2D eigenvalue weighted by Crippen LogP contribution is 2.53. The molecule has 0 aliphatic heterocycles. The lowest BCUT2D eigenvalue weighted by molar-refractivity contribution is -0.869. The third-order valence-electron chi connectivity index (χ3n) is 5.72. The van der Waals surface area contributed by atoms with E-state index in [1.54, 1.807) is 0 Å². The SMILES string of the molecule is CCCCC(CC)COC(=O)CC(NCC[N+](C)(C)C)C(=O)OCCC(F)(F)C(F)(F)C(F)(F)C(F)(F)F. The average Bonchev–Trinajstić information content (AvgIpc) is 2.76. The predicted molar refractivity (Wildman–Crippen MR) is 120 cm³/mol. The molecule has 0 aliphatic carbocycles. The zero-order valence-corrected chi connectivity index (χ0v) is 22.2. The average molecular weight is 578 g/mol. The van der Waals surface area contributed by atoms with E-state index < -0.39 is 61.4 Å². The molecule has 0 radical (unpaired) electrons. The maximum atomic E-state index is 13.7. The van der Waals surface area contributed by atoms with Gasteiger partial charge < -0.3 is 14.0 Å². The summed E-state index contributed by atoms with van der Waals surface area (Å²) < 4.78 is 127. The Morgan fingerprint density at radius 3 is 1.95 bits per heavy atom. The second-order valence-corrected chi connectivity index (χ2v) is 10.1. The maximum Gasteiger partial charge on any atom is 0.460 e. The van der Waals surface area contributed by atoms with Crippen LogP contribution in [-0.2, 0) is 19.1 Å². The standard InChI is InChI=1S/C23H38F9N2O4/c1-6-8-9-16(7-2)15-38-18(35)14-17(33-11-12-34(3,4)5)19(36)37-13-10-20(24,25)21(26,27)22(28,29)23(30,31)32/h16-17,33H,6-15H2,1-5H3/q+1. The molecular formula is C23H38F9N2O4+. The van der Waals surface area contributed by atoms with Crippen molar-refractivity contribution >= 4 is 11.9 Å². The summed E-state index contributed by atoms with van der Waals surface area (Å²) >= 11 is 0. The van der Waals surface area contributed by atoms with E-state index in [4.69, 9.17) is 4.74 Å². The summed E-state index contributed by atoms with van der Waals surface area (Å²) in [4.78, 5) is 24.7. The number of likely N-dealkylation sites (N-methyl/N-ethyl adjacent to an activating group) is 1. The highest BCUT2D eigenvalue weighted by molar-refractivity contribution is 5.82. The van der Waals surface area contributed by atoms with E-state index in [0.717, 1.165) is 25.7 Å². The predicted octanol–water partition coefficient (Wildman–Crippen LogP) is 5.20. The molecule has 0 aromatic heterocycles. The molecule has 6 nitrogen and oxygen atoms in total. The van der Waals surface area contributed by atoms with Gasteiger partial charge in [-0.3, -0.25) is 14.9 Å². The molecule has 0 saturated carbocycles. The van der Waals surface area contributed by atoms with Crippen molar-refractivity contribution in [2.45, 2.75) is 82.4 Å². The number of halogens is 9. The highest BCUT2D eigenvalue weighted by Gasteiger charge is 2.81. The van der Waals surface area contributed by atoms with Crippen LogP contribution in [0.3, 0.4) is 0 Å². The molecule has 0 heterocycles. The molecule has 38 heavy (non-hydrogen) atoms. The first-order valence-corrected chi connectivity index (χ1v) is 12.2. The number of hydrogen-bond donors (Lipinski definition) is 1. The van der Waals surface area contributed by atoms with Gasteiger partial charge in [-0.25, -0.2) is 0 Å². The van der Waals surface area contributed by atoms with Gasteiger partial charge in [0.25, 0.3) is 0 Å². The van der Waals surface area contributed by atoms with Crippen LogP contribution in [-0.4, -0.2) is 93.9 Å². The number of esters is 2. The Balaban J connectivity index is 5.27. The minimum absolute atomic E-state index is 0.0741. The molecule has 0 aromatic carbocycles. The molecule has 0 rings (SSSR count). The molecule has 0 fully saturated rings. The fraction of sp³-hybridized carbons (Fsp3) is 0.913. The maximum absolute atomic E-state index is 13.7. The minimum Gasteiger partial charge on any atom is -0.465 e. The summed E-state index contributed by atoms with van der Waals surface area (Å²) in [5, 5.41) is 2.67. The lowest BCUT2D eigenvalue weighted by atomic mass is 10.0. The van der Waals surface area contributed by atoms with Gasteiger partial charge in [0.1, 0.15) is 6.04 Å². The first-order chi connectivity index (χ1) is 17.1. The van der Waals surface area contributed by atoms with Crippen molar-refractivity contribution in [1.82, 2.24) is 5.32 Å². The van der Waals surface area contributed by atoms with Crippen molar-refractivity contribution < 1.29 is 63.1 Å². The quantitative estimate of drug-likeness (QED) is 0.138. The van der Waals surface area contributed by atoms with Crippen LogP contribution in [0.4, 0.5) is 39.5 Å². The minimum atomic E-state index is -7.03. The summed E-state index contributed by atoms with van der Waals surface area (Å²) in [6.45, 7) is 2.92. The Morgan fingerprint density at radius 1 is 0.895 bits per heavy atom. The van der Waals surface area contributed by atoms with Crippen LogP contribution >= 0.6 is 0 Å². The molecule has 0 aromatic rings. The molecule has 1 N–H and O–H groups in total. The van der Waals surface area contributed by atoms with Gasteiger partial charge in [-0.1, -0.05) is 33.1 Å². The Hall–Kier alpha value is -1.77. The summed E-state index contributed by atoms with van der Waals surface area (Å²) in [7, 11) is 5.43. The second-order valence-electron chi connectivity index (χ2n) is 10.1. The van der Waals surface area contributed by atoms with Crippen LogP contribution < -0.4 is 5.32 Å². The molecule has 0 spiro atoms. The number of nitrogens with one attached hydrogen (secondary N) is 1. The van der Waals surface area contributed by atoms with Gasteiger partial charge in [0.2, 0.25) is 0 Å². The molecule has 0 bridgehead atoms. The lowest BCUT2D eigenvalue weighted by Gasteiger charge is -2.33. The summed E-state index contributed by atoms with van der Waals surface area (Å²) in [6, 6.07) is -1.46. The van der Waals surface area contributed by atoms with Crippen molar-refractivity contribution in [1.29, 1.82) is 0 Å². The Labute approximate surface area is 216 Å². The molecule has 0 saturated heterocycles. The van der Waals surface area contributed by atoms with Crippen LogP contribution in [0.15, 0.2) is 0 Å². The van der Waals surface area contributed by atoms with Gasteiger partial charge in [0, 0.05) is 6.54 Å². The van der Waals surface area contributed by atoms with E-state index >= 15 is 0 Å². The molecule has 226 valence electrons. The van der Waals surface area contributed by atoms with Crippen molar-refractivity contribution in [2.24, 2.45) is 5.92 Å². The fourth-order valence-corrected chi connectivity index (χ4v) is 3.09. The van der Waals surface area contributed by atoms with Crippen molar-refractivity contribution in [2.75, 3.05) is 47.4 Å². The number of hydrogen-bond acceptors (Lipinski definition) is 5. The van der Waals surface area contributed by atoms with Crippen molar-refractivity contribution in [3.63, 3.8) is 0 Å². The normalized spacial score (nSPS) is 15.2. The van der Waals surface area contributed by atoms with Gasteiger partial charge in [0.05, 0.1) is 53.7 Å². The smallest absolute Gasteiger partial charge is 0.460 e. The van der Waals surface area contributed by atoms with Gasteiger partial charge in [0.15, 0.2) is 0 Å². The first kappa shape index (κ1) is 36.2. The molecule has 0 amide bonds. The Kier molecular flexibility index (Phi) is 13.9. The third kappa shape index (κ3) is 11.1. The molecule has 15 heteroatoms. The summed E-state index contributed by atoms with van der Waals surface area (Å²) in [5.41, 5.74) is 0. The number of carbonyl (C=O) groups is 2. The van der Waals surface area contributed by atoms with Gasteiger partial charge in [-0.15, -0.1) is 0 Å². The van der Waals surface area contributed by atoms with Crippen LogP contribution in [0.1, 0.15) is 52.4 Å². The fourth-order valence-electron chi connectivity index (χ4n) is 3.09. The van der Waals surface area contributed by atoms with Gasteiger partial charge in [-0.2, -0.15) is 39.5 Å². The monoisotopic (exact) mass is 577 g/mol. The summed E-state index contributed by atoms with van der Waals surface area (Å²) in [6.07, 6.45) is -6.48. The van der Waals surface area contributed by atoms with E-state index in [1.807, 2.05) is 35.0 Å². The number of rotatable bonds is 18. The topological polar surface area (TPSA) is 64.6 Å². The van der Waals surface area contributed by atoms with Crippen LogP contribution in [0.5, 0.6) is 0 Å². The van der Waals surface area contributed by atoms with E-state index in [-0.39, 0.29) is 19.1 Å². The number of nitrogens with zero attached hydrogens (tertiary/aromatic N) is 1. The largest absolute Gasteiger partial charge is 0.465 e. The highest BCUT2D eigenvalue weighted by atomic mass is 19.4. The second kappa shape index (κ2) is 14.6. The van der Waals surface area contributed by atoms with E-state index in [1.165, 1.54) is 0 Å². The van der Waals surface area contributed by atoms with E-state index in [9.17, 15) is 49.1 Å². The lowest BCUT2D eigenvalue weighted by Crippen LogP contribution is -2.61. The third-order valence-corrected chi connectivity index (χ3v) is 5.72. The van der Waals surface area contributed by atoms with Gasteiger partial charge >= 0.3 is 35.9 Å². The van der Waals surface area contributed by atoms with Crippen LogP contribution in [0, 0.1) is 5.92 Å². The summed E-state index contributed by atoms with van der Waals surface area (Å²) in [5.74, 6) is -21.8. The van der Waals surface area contributed by atoms with Gasteiger partial charge in [-0.05, 0) is 12.3 Å².